The summed E-state index contributed by atoms with van der Waals surface area (Å²) in [6.45, 7) is 7.72. The molecule has 2 aromatic rings. The summed E-state index contributed by atoms with van der Waals surface area (Å²) < 4.78 is 7.73. The zero-order valence-electron chi connectivity index (χ0n) is 21.1. The van der Waals surface area contributed by atoms with Crippen LogP contribution in [-0.4, -0.2) is 105 Å². The number of aromatic nitrogens is 4. The SMILES string of the molecule is CCn1cnc2c(NC3CCN(C(=O)O[C@@H]4CCN(C(=O)/C=C/CN(C)C)C4)CC3)nc(C)nc21. The number of rotatable bonds is 7. The molecular formula is C24H36N8O3. The van der Waals surface area contributed by atoms with E-state index < -0.39 is 0 Å². The van der Waals surface area contributed by atoms with E-state index in [0.29, 0.717) is 45.0 Å². The lowest BCUT2D eigenvalue weighted by molar-refractivity contribution is -0.125. The molecule has 0 spiro atoms. The summed E-state index contributed by atoms with van der Waals surface area (Å²) in [6, 6.07) is 0.192. The minimum absolute atomic E-state index is 0.0323. The third kappa shape index (κ3) is 6.08. The number of hydrogen-bond donors (Lipinski definition) is 1. The number of nitrogens with zero attached hydrogens (tertiary/aromatic N) is 7. The zero-order chi connectivity index (χ0) is 24.9. The van der Waals surface area contributed by atoms with Crippen molar-refractivity contribution in [3.05, 3.63) is 24.3 Å². The highest BCUT2D eigenvalue weighted by Gasteiger charge is 2.31. The van der Waals surface area contributed by atoms with Crippen LogP contribution in [0.15, 0.2) is 18.5 Å². The fourth-order valence-electron chi connectivity index (χ4n) is 4.50. The minimum Gasteiger partial charge on any atom is -0.444 e. The summed E-state index contributed by atoms with van der Waals surface area (Å²) >= 11 is 0. The Bertz CT molecular complexity index is 1070. The van der Waals surface area contributed by atoms with E-state index in [9.17, 15) is 9.59 Å². The highest BCUT2D eigenvalue weighted by atomic mass is 16.6. The molecular weight excluding hydrogens is 448 g/mol. The molecule has 2 aliphatic heterocycles. The van der Waals surface area contributed by atoms with Gasteiger partial charge < -0.3 is 29.3 Å². The number of piperidine rings is 1. The summed E-state index contributed by atoms with van der Waals surface area (Å²) in [5, 5.41) is 3.52. The third-order valence-electron chi connectivity index (χ3n) is 6.47. The van der Waals surface area contributed by atoms with Gasteiger partial charge in [-0.2, -0.15) is 0 Å². The number of nitrogens with one attached hydrogen (secondary N) is 1. The van der Waals surface area contributed by atoms with E-state index in [1.165, 1.54) is 0 Å². The van der Waals surface area contributed by atoms with Crippen LogP contribution in [0.1, 0.15) is 32.0 Å². The number of hydrogen-bond acceptors (Lipinski definition) is 8. The van der Waals surface area contributed by atoms with Gasteiger partial charge >= 0.3 is 6.09 Å². The molecule has 11 nitrogen and oxygen atoms in total. The summed E-state index contributed by atoms with van der Waals surface area (Å²) in [5.41, 5.74) is 1.61. The van der Waals surface area contributed by atoms with Crippen molar-refractivity contribution in [3.63, 3.8) is 0 Å². The second-order valence-electron chi connectivity index (χ2n) is 9.47. The van der Waals surface area contributed by atoms with Crippen molar-refractivity contribution in [2.45, 2.75) is 51.8 Å². The van der Waals surface area contributed by atoms with Crippen LogP contribution >= 0.6 is 0 Å². The van der Waals surface area contributed by atoms with E-state index >= 15 is 0 Å². The first-order chi connectivity index (χ1) is 16.8. The highest BCUT2D eigenvalue weighted by Crippen LogP contribution is 2.23. The Hall–Kier alpha value is -3.21. The summed E-state index contributed by atoms with van der Waals surface area (Å²) in [7, 11) is 3.91. The van der Waals surface area contributed by atoms with Crippen LogP contribution in [0, 0.1) is 6.92 Å². The Morgan fingerprint density at radius 3 is 2.63 bits per heavy atom. The maximum Gasteiger partial charge on any atom is 0.410 e. The van der Waals surface area contributed by atoms with Gasteiger partial charge in [-0.25, -0.2) is 19.7 Å². The predicted octanol–water partition coefficient (Wildman–Crippen LogP) is 1.89. The number of likely N-dealkylation sites (tertiary alicyclic amines) is 2. The van der Waals surface area contributed by atoms with Crippen LogP contribution in [0.5, 0.6) is 0 Å². The van der Waals surface area contributed by atoms with Crippen LogP contribution in [0.2, 0.25) is 0 Å². The third-order valence-corrected chi connectivity index (χ3v) is 6.47. The molecule has 0 radical (unpaired) electrons. The molecule has 35 heavy (non-hydrogen) atoms. The molecule has 0 aliphatic carbocycles. The molecule has 11 heteroatoms. The number of imidazole rings is 1. The van der Waals surface area contributed by atoms with Crippen molar-refractivity contribution < 1.29 is 14.3 Å². The molecule has 0 unspecified atom stereocenters. The van der Waals surface area contributed by atoms with Crippen molar-refractivity contribution in [3.8, 4) is 0 Å². The quantitative estimate of drug-likeness (QED) is 0.594. The van der Waals surface area contributed by atoms with E-state index in [1.54, 1.807) is 22.2 Å². The number of amides is 2. The molecule has 2 aromatic heterocycles. The molecule has 0 saturated carbocycles. The van der Waals surface area contributed by atoms with Gasteiger partial charge in [0.1, 0.15) is 17.4 Å². The Balaban J connectivity index is 1.25. The van der Waals surface area contributed by atoms with E-state index in [0.717, 1.165) is 36.4 Å². The maximum atomic E-state index is 12.7. The standard InChI is InChI=1S/C24H36N8O3/c1-5-30-16-25-21-22(26-17(2)27-23(21)30)28-18-8-12-31(13-9-18)24(34)35-19-10-14-32(15-19)20(33)7-6-11-29(3)4/h6-7,16,18-19H,5,8-15H2,1-4H3,(H,26,27,28)/b7-6+/t19-/m1/s1. The van der Waals surface area contributed by atoms with Crippen LogP contribution in [0.4, 0.5) is 10.6 Å². The van der Waals surface area contributed by atoms with Gasteiger partial charge in [0.15, 0.2) is 11.5 Å². The number of carbonyl (C=O) groups is 2. The average Bonchev–Trinajstić information content (AvgIpc) is 3.46. The van der Waals surface area contributed by atoms with Gasteiger partial charge in [0.05, 0.1) is 12.9 Å². The van der Waals surface area contributed by atoms with Gasteiger partial charge in [0, 0.05) is 51.3 Å². The molecule has 0 bridgehead atoms. The first-order valence-corrected chi connectivity index (χ1v) is 12.4. The number of ether oxygens (including phenoxy) is 1. The van der Waals surface area contributed by atoms with Crippen molar-refractivity contribution in [2.24, 2.45) is 0 Å². The fraction of sp³-hybridized carbons (Fsp3) is 0.625. The van der Waals surface area contributed by atoms with Crippen molar-refractivity contribution >= 4 is 29.0 Å². The molecule has 2 saturated heterocycles. The average molecular weight is 485 g/mol. The number of aryl methyl sites for hydroxylation is 2. The molecule has 4 heterocycles. The normalized spacial score (nSPS) is 19.3. The Labute approximate surface area is 206 Å². The molecule has 0 aromatic carbocycles. The van der Waals surface area contributed by atoms with Crippen LogP contribution in [-0.2, 0) is 16.1 Å². The largest absolute Gasteiger partial charge is 0.444 e. The van der Waals surface area contributed by atoms with Crippen LogP contribution in [0.3, 0.4) is 0 Å². The molecule has 1 N–H and O–H groups in total. The smallest absolute Gasteiger partial charge is 0.410 e. The van der Waals surface area contributed by atoms with Crippen molar-refractivity contribution in [1.29, 1.82) is 0 Å². The molecule has 4 rings (SSSR count). The lowest BCUT2D eigenvalue weighted by Crippen LogP contribution is -2.44. The molecule has 2 amide bonds. The Morgan fingerprint density at radius 2 is 1.91 bits per heavy atom. The van der Waals surface area contributed by atoms with E-state index in [-0.39, 0.29) is 24.1 Å². The lowest BCUT2D eigenvalue weighted by Gasteiger charge is -2.32. The number of likely N-dealkylation sites (N-methyl/N-ethyl adjacent to an activating group) is 1. The van der Waals surface area contributed by atoms with Crippen LogP contribution in [0.25, 0.3) is 11.2 Å². The molecule has 190 valence electrons. The molecule has 1 atom stereocenters. The highest BCUT2D eigenvalue weighted by molar-refractivity contribution is 5.88. The van der Waals surface area contributed by atoms with Gasteiger partial charge in [0.25, 0.3) is 0 Å². The molecule has 2 fully saturated rings. The molecule has 2 aliphatic rings. The predicted molar refractivity (Wildman–Crippen MR) is 133 cm³/mol. The topological polar surface area (TPSA) is 109 Å². The summed E-state index contributed by atoms with van der Waals surface area (Å²) in [6.07, 6.45) is 6.94. The lowest BCUT2D eigenvalue weighted by atomic mass is 10.1. The van der Waals surface area contributed by atoms with Gasteiger partial charge in [-0.3, -0.25) is 4.79 Å². The Morgan fingerprint density at radius 1 is 1.17 bits per heavy atom. The second-order valence-corrected chi connectivity index (χ2v) is 9.47. The van der Waals surface area contributed by atoms with E-state index in [2.05, 4.69) is 27.2 Å². The minimum atomic E-state index is -0.298. The van der Waals surface area contributed by atoms with Gasteiger partial charge in [-0.05, 0) is 40.8 Å². The summed E-state index contributed by atoms with van der Waals surface area (Å²) in [4.78, 5) is 44.1. The Kier molecular flexibility index (Phi) is 7.84. The summed E-state index contributed by atoms with van der Waals surface area (Å²) in [5.74, 6) is 1.42. The van der Waals surface area contributed by atoms with Gasteiger partial charge in [0.2, 0.25) is 5.91 Å². The van der Waals surface area contributed by atoms with Crippen LogP contribution < -0.4 is 5.32 Å². The first-order valence-electron chi connectivity index (χ1n) is 12.4. The fourth-order valence-corrected chi connectivity index (χ4v) is 4.50. The monoisotopic (exact) mass is 484 g/mol. The van der Waals surface area contributed by atoms with Gasteiger partial charge in [-0.1, -0.05) is 6.08 Å². The number of fused-ring (bicyclic) bond motifs is 1. The van der Waals surface area contributed by atoms with E-state index in [4.69, 9.17) is 4.74 Å². The maximum absolute atomic E-state index is 12.7. The van der Waals surface area contributed by atoms with Crippen molar-refractivity contribution in [1.82, 2.24) is 34.2 Å². The first kappa shape index (κ1) is 24.9. The van der Waals surface area contributed by atoms with E-state index in [1.807, 2.05) is 36.6 Å². The zero-order valence-corrected chi connectivity index (χ0v) is 21.1. The second kappa shape index (κ2) is 11.0. The number of carbonyl (C=O) groups excluding carboxylic acids is 2. The van der Waals surface area contributed by atoms with Crippen molar-refractivity contribution in [2.75, 3.05) is 52.1 Å². The number of anilines is 1. The van der Waals surface area contributed by atoms with Gasteiger partial charge in [-0.15, -0.1) is 0 Å².